The molecule has 10 heteroatoms. The quantitative estimate of drug-likeness (QED) is 0.198. The van der Waals surface area contributed by atoms with E-state index in [0.29, 0.717) is 18.9 Å². The van der Waals surface area contributed by atoms with Gasteiger partial charge in [0.05, 0.1) is 17.2 Å². The standard InChI is InChI=1S/C35H38FN3O5S/c1-4-37-35(41)33(23-27-12-7-6-8-13-27)38(24-28-14-10-9-11-26(28)3)34(40)25-39(30-17-15-29(36)16-18-30)45(42,43)32-21-19-31(20-22-32)44-5-2/h6-22,33H,4-5,23-25H2,1-3H3,(H,37,41). The van der Waals surface area contributed by atoms with Gasteiger partial charge in [-0.2, -0.15) is 0 Å². The van der Waals surface area contributed by atoms with Crippen LogP contribution in [-0.4, -0.2) is 50.9 Å². The molecule has 0 saturated carbocycles. The predicted octanol–water partition coefficient (Wildman–Crippen LogP) is 5.50. The van der Waals surface area contributed by atoms with Crippen LogP contribution in [0.2, 0.25) is 0 Å². The van der Waals surface area contributed by atoms with Gasteiger partial charge in [0.15, 0.2) is 0 Å². The molecule has 0 saturated heterocycles. The topological polar surface area (TPSA) is 96.0 Å². The van der Waals surface area contributed by atoms with Crippen LogP contribution in [0.5, 0.6) is 5.75 Å². The summed E-state index contributed by atoms with van der Waals surface area (Å²) in [6.07, 6.45) is 0.215. The van der Waals surface area contributed by atoms with E-state index in [0.717, 1.165) is 33.1 Å². The molecule has 1 unspecified atom stereocenters. The van der Waals surface area contributed by atoms with Crippen molar-refractivity contribution in [3.63, 3.8) is 0 Å². The molecule has 0 aliphatic carbocycles. The average Bonchev–Trinajstić information content (AvgIpc) is 3.04. The minimum atomic E-state index is -4.32. The molecule has 4 aromatic rings. The second-order valence-corrected chi connectivity index (χ2v) is 12.3. The Balaban J connectivity index is 1.79. The summed E-state index contributed by atoms with van der Waals surface area (Å²) in [7, 11) is -4.32. The third-order valence-electron chi connectivity index (χ3n) is 7.34. The minimum absolute atomic E-state index is 0.0699. The van der Waals surface area contributed by atoms with Gasteiger partial charge in [-0.1, -0.05) is 54.6 Å². The van der Waals surface area contributed by atoms with E-state index in [4.69, 9.17) is 4.74 Å². The SMILES string of the molecule is CCNC(=O)C(Cc1ccccc1)N(Cc1ccccc1C)C(=O)CN(c1ccc(F)cc1)S(=O)(=O)c1ccc(OCC)cc1. The predicted molar refractivity (Wildman–Crippen MR) is 173 cm³/mol. The number of amides is 2. The Morgan fingerprint density at radius 2 is 1.51 bits per heavy atom. The molecule has 0 spiro atoms. The number of carbonyl (C=O) groups excluding carboxylic acids is 2. The van der Waals surface area contributed by atoms with Crippen molar-refractivity contribution in [3.05, 3.63) is 126 Å². The van der Waals surface area contributed by atoms with Gasteiger partial charge in [-0.05, 0) is 86.0 Å². The summed E-state index contributed by atoms with van der Waals surface area (Å²) in [4.78, 5) is 29.4. The monoisotopic (exact) mass is 631 g/mol. The number of carbonyl (C=O) groups is 2. The van der Waals surface area contributed by atoms with Crippen LogP contribution in [0, 0.1) is 12.7 Å². The molecule has 0 aliphatic heterocycles. The van der Waals surface area contributed by atoms with Gasteiger partial charge in [-0.3, -0.25) is 13.9 Å². The Kier molecular flexibility index (Phi) is 11.3. The van der Waals surface area contributed by atoms with E-state index in [2.05, 4.69) is 5.32 Å². The Bertz CT molecular complexity index is 1680. The fourth-order valence-corrected chi connectivity index (χ4v) is 6.37. The van der Waals surface area contributed by atoms with Crippen LogP contribution < -0.4 is 14.4 Å². The summed E-state index contributed by atoms with van der Waals surface area (Å²) in [5, 5.41) is 2.85. The zero-order valence-corrected chi connectivity index (χ0v) is 26.5. The van der Waals surface area contributed by atoms with Crippen LogP contribution in [-0.2, 0) is 32.6 Å². The van der Waals surface area contributed by atoms with E-state index in [1.165, 1.54) is 41.3 Å². The molecule has 4 aromatic carbocycles. The van der Waals surface area contributed by atoms with Gasteiger partial charge in [0.2, 0.25) is 11.8 Å². The number of sulfonamides is 1. The molecule has 1 N–H and O–H groups in total. The summed E-state index contributed by atoms with van der Waals surface area (Å²) >= 11 is 0. The lowest BCUT2D eigenvalue weighted by molar-refractivity contribution is -0.140. The molecule has 0 aromatic heterocycles. The maximum atomic E-state index is 14.4. The van der Waals surface area contributed by atoms with E-state index in [9.17, 15) is 22.4 Å². The summed E-state index contributed by atoms with van der Waals surface area (Å²) in [6.45, 7) is 5.74. The Morgan fingerprint density at radius 3 is 2.13 bits per heavy atom. The highest BCUT2D eigenvalue weighted by Crippen LogP contribution is 2.27. The number of hydrogen-bond acceptors (Lipinski definition) is 5. The van der Waals surface area contributed by atoms with Crippen molar-refractivity contribution < 1.29 is 27.1 Å². The van der Waals surface area contributed by atoms with Crippen LogP contribution in [0.3, 0.4) is 0 Å². The van der Waals surface area contributed by atoms with Crippen molar-refractivity contribution >= 4 is 27.5 Å². The highest BCUT2D eigenvalue weighted by Gasteiger charge is 2.34. The average molecular weight is 632 g/mol. The van der Waals surface area contributed by atoms with Crippen LogP contribution >= 0.6 is 0 Å². The zero-order chi connectivity index (χ0) is 32.4. The van der Waals surface area contributed by atoms with E-state index < -0.39 is 34.3 Å². The molecular weight excluding hydrogens is 593 g/mol. The lowest BCUT2D eigenvalue weighted by atomic mass is 10.0. The summed E-state index contributed by atoms with van der Waals surface area (Å²) in [5.41, 5.74) is 2.68. The first-order chi connectivity index (χ1) is 21.6. The third-order valence-corrected chi connectivity index (χ3v) is 9.13. The van der Waals surface area contributed by atoms with Crippen molar-refractivity contribution in [1.82, 2.24) is 10.2 Å². The van der Waals surface area contributed by atoms with Crippen LogP contribution in [0.4, 0.5) is 10.1 Å². The highest BCUT2D eigenvalue weighted by atomic mass is 32.2. The molecule has 236 valence electrons. The molecule has 8 nitrogen and oxygen atoms in total. The second-order valence-electron chi connectivity index (χ2n) is 10.4. The first-order valence-corrected chi connectivity index (χ1v) is 16.2. The van der Waals surface area contributed by atoms with Gasteiger partial charge in [0, 0.05) is 19.5 Å². The number of aryl methyl sites for hydroxylation is 1. The van der Waals surface area contributed by atoms with Crippen molar-refractivity contribution in [2.24, 2.45) is 0 Å². The molecule has 45 heavy (non-hydrogen) atoms. The number of benzene rings is 4. The zero-order valence-electron chi connectivity index (χ0n) is 25.6. The van der Waals surface area contributed by atoms with Gasteiger partial charge < -0.3 is 15.0 Å². The summed E-state index contributed by atoms with van der Waals surface area (Å²) in [6, 6.07) is 26.7. The van der Waals surface area contributed by atoms with Gasteiger partial charge in [-0.25, -0.2) is 12.8 Å². The van der Waals surface area contributed by atoms with E-state index in [1.807, 2.05) is 68.4 Å². The highest BCUT2D eigenvalue weighted by molar-refractivity contribution is 7.92. The molecule has 0 aliphatic rings. The van der Waals surface area contributed by atoms with Crippen LogP contribution in [0.25, 0.3) is 0 Å². The van der Waals surface area contributed by atoms with Crippen molar-refractivity contribution in [3.8, 4) is 5.75 Å². The first-order valence-electron chi connectivity index (χ1n) is 14.8. The number of rotatable bonds is 14. The van der Waals surface area contributed by atoms with E-state index in [1.54, 1.807) is 6.92 Å². The number of hydrogen-bond donors (Lipinski definition) is 1. The second kappa shape index (κ2) is 15.3. The molecule has 0 heterocycles. The number of halogens is 1. The number of ether oxygens (including phenoxy) is 1. The van der Waals surface area contributed by atoms with Gasteiger partial charge in [-0.15, -0.1) is 0 Å². The largest absolute Gasteiger partial charge is 0.494 e. The Labute approximate surface area is 264 Å². The molecule has 1 atom stereocenters. The molecule has 2 amide bonds. The van der Waals surface area contributed by atoms with Gasteiger partial charge in [0.1, 0.15) is 24.2 Å². The molecule has 4 rings (SSSR count). The van der Waals surface area contributed by atoms with Crippen molar-refractivity contribution in [1.29, 1.82) is 0 Å². The Hall–Kier alpha value is -4.70. The number of anilines is 1. The van der Waals surface area contributed by atoms with Crippen LogP contribution in [0.1, 0.15) is 30.5 Å². The first kappa shape index (κ1) is 33.2. The summed E-state index contributed by atoms with van der Waals surface area (Å²) < 4.78 is 48.5. The number of nitrogens with one attached hydrogen (secondary N) is 1. The molecule has 0 fully saturated rings. The lowest BCUT2D eigenvalue weighted by Crippen LogP contribution is -2.53. The van der Waals surface area contributed by atoms with Gasteiger partial charge >= 0.3 is 0 Å². The van der Waals surface area contributed by atoms with Crippen molar-refractivity contribution in [2.45, 2.75) is 44.7 Å². The number of nitrogens with zero attached hydrogens (tertiary/aromatic N) is 2. The normalized spacial score (nSPS) is 11.8. The van der Waals surface area contributed by atoms with E-state index >= 15 is 0 Å². The molecule has 0 bridgehead atoms. The maximum Gasteiger partial charge on any atom is 0.264 e. The summed E-state index contributed by atoms with van der Waals surface area (Å²) in [5.74, 6) is -1.00. The fourth-order valence-electron chi connectivity index (χ4n) is 4.95. The molecule has 0 radical (unpaired) electrons. The Morgan fingerprint density at radius 1 is 0.867 bits per heavy atom. The fraction of sp³-hybridized carbons (Fsp3) is 0.257. The lowest BCUT2D eigenvalue weighted by Gasteiger charge is -2.34. The maximum absolute atomic E-state index is 14.4. The van der Waals surface area contributed by atoms with Gasteiger partial charge in [0.25, 0.3) is 10.0 Å². The third kappa shape index (κ3) is 8.48. The van der Waals surface area contributed by atoms with E-state index in [-0.39, 0.29) is 29.5 Å². The van der Waals surface area contributed by atoms with Crippen molar-refractivity contribution in [2.75, 3.05) is 24.0 Å². The minimum Gasteiger partial charge on any atom is -0.494 e. The van der Waals surface area contributed by atoms with Crippen LogP contribution in [0.15, 0.2) is 108 Å². The molecular formula is C35H38FN3O5S. The number of likely N-dealkylation sites (N-methyl/N-ethyl adjacent to an activating group) is 1. The smallest absolute Gasteiger partial charge is 0.264 e.